The SMILES string of the molecule is COC(=O)c1ccc(NC(=O)Cc2cc(C)c(-n3ccc(OCc4ccc(Cl)cc4F)n3)cc2F)c(NC[C@@H]2CCO2)c1. The van der Waals surface area contributed by atoms with Gasteiger partial charge in [0.2, 0.25) is 11.8 Å². The van der Waals surface area contributed by atoms with Gasteiger partial charge in [-0.15, -0.1) is 5.10 Å². The molecule has 1 saturated heterocycles. The highest BCUT2D eigenvalue weighted by Crippen LogP contribution is 2.27. The third-order valence-corrected chi connectivity index (χ3v) is 7.18. The van der Waals surface area contributed by atoms with Crippen LogP contribution in [-0.2, 0) is 27.3 Å². The van der Waals surface area contributed by atoms with E-state index >= 15 is 4.39 Å². The number of methoxy groups -OCH3 is 1. The highest BCUT2D eigenvalue weighted by molar-refractivity contribution is 6.30. The lowest BCUT2D eigenvalue weighted by atomic mass is 10.1. The van der Waals surface area contributed by atoms with Crippen molar-refractivity contribution in [2.45, 2.75) is 32.5 Å². The second kappa shape index (κ2) is 13.2. The number of hydrogen-bond acceptors (Lipinski definition) is 7. The molecule has 0 radical (unpaired) electrons. The number of aryl methyl sites for hydroxylation is 1. The molecule has 9 nitrogen and oxygen atoms in total. The Morgan fingerprint density at radius 2 is 1.86 bits per heavy atom. The van der Waals surface area contributed by atoms with Crippen LogP contribution >= 0.6 is 11.6 Å². The molecule has 1 atom stereocenters. The number of nitrogens with zero attached hydrogens (tertiary/aromatic N) is 2. The van der Waals surface area contributed by atoms with Gasteiger partial charge in [-0.3, -0.25) is 4.79 Å². The summed E-state index contributed by atoms with van der Waals surface area (Å²) in [5.41, 5.74) is 2.93. The van der Waals surface area contributed by atoms with Gasteiger partial charge in [-0.2, -0.15) is 0 Å². The van der Waals surface area contributed by atoms with E-state index in [1.807, 2.05) is 0 Å². The number of anilines is 2. The van der Waals surface area contributed by atoms with E-state index in [1.165, 1.54) is 30.0 Å². The van der Waals surface area contributed by atoms with E-state index < -0.39 is 23.5 Å². The van der Waals surface area contributed by atoms with Crippen molar-refractivity contribution in [1.82, 2.24) is 9.78 Å². The van der Waals surface area contributed by atoms with Crippen molar-refractivity contribution in [2.24, 2.45) is 0 Å². The summed E-state index contributed by atoms with van der Waals surface area (Å²) in [5, 5.41) is 10.6. The minimum Gasteiger partial charge on any atom is -0.472 e. The van der Waals surface area contributed by atoms with E-state index in [2.05, 4.69) is 15.7 Å². The lowest BCUT2D eigenvalue weighted by Gasteiger charge is -2.27. The van der Waals surface area contributed by atoms with Gasteiger partial charge in [0, 0.05) is 42.1 Å². The maximum absolute atomic E-state index is 15.2. The molecule has 43 heavy (non-hydrogen) atoms. The summed E-state index contributed by atoms with van der Waals surface area (Å²) in [5.74, 6) is -1.80. The number of amides is 1. The minimum absolute atomic E-state index is 0.0461. The van der Waals surface area contributed by atoms with Gasteiger partial charge in [0.25, 0.3) is 0 Å². The fourth-order valence-corrected chi connectivity index (χ4v) is 4.66. The first-order valence-electron chi connectivity index (χ1n) is 13.5. The summed E-state index contributed by atoms with van der Waals surface area (Å²) in [4.78, 5) is 25.0. The highest BCUT2D eigenvalue weighted by Gasteiger charge is 2.20. The molecule has 1 aliphatic rings. The zero-order valence-corrected chi connectivity index (χ0v) is 24.2. The summed E-state index contributed by atoms with van der Waals surface area (Å²) in [6.07, 6.45) is 2.33. The molecule has 2 heterocycles. The number of aromatic nitrogens is 2. The molecule has 1 fully saturated rings. The van der Waals surface area contributed by atoms with Gasteiger partial charge in [-0.25, -0.2) is 18.3 Å². The zero-order chi connectivity index (χ0) is 30.5. The van der Waals surface area contributed by atoms with Crippen molar-refractivity contribution in [1.29, 1.82) is 0 Å². The molecule has 5 rings (SSSR count). The van der Waals surface area contributed by atoms with Gasteiger partial charge >= 0.3 is 5.97 Å². The van der Waals surface area contributed by atoms with Crippen LogP contribution in [-0.4, -0.2) is 48.0 Å². The molecule has 2 N–H and O–H groups in total. The van der Waals surface area contributed by atoms with Crippen LogP contribution in [0.3, 0.4) is 0 Å². The maximum Gasteiger partial charge on any atom is 0.337 e. The number of halogens is 3. The Labute approximate surface area is 251 Å². The number of hydrogen-bond donors (Lipinski definition) is 2. The molecule has 12 heteroatoms. The van der Waals surface area contributed by atoms with Crippen molar-refractivity contribution in [3.63, 3.8) is 0 Å². The smallest absolute Gasteiger partial charge is 0.337 e. The van der Waals surface area contributed by atoms with Crippen LogP contribution in [0.15, 0.2) is 60.8 Å². The molecule has 0 spiro atoms. The van der Waals surface area contributed by atoms with E-state index in [9.17, 15) is 14.0 Å². The molecule has 3 aromatic carbocycles. The van der Waals surface area contributed by atoms with Crippen molar-refractivity contribution < 1.29 is 32.6 Å². The number of nitrogens with one attached hydrogen (secondary N) is 2. The number of rotatable bonds is 11. The number of ether oxygens (including phenoxy) is 3. The molecule has 0 saturated carbocycles. The van der Waals surface area contributed by atoms with Gasteiger partial charge in [0.05, 0.1) is 42.3 Å². The Balaban J connectivity index is 1.25. The molecule has 224 valence electrons. The summed E-state index contributed by atoms with van der Waals surface area (Å²) < 4.78 is 46.5. The predicted octanol–water partition coefficient (Wildman–Crippen LogP) is 5.86. The molecule has 1 aliphatic heterocycles. The zero-order valence-electron chi connectivity index (χ0n) is 23.5. The Hall–Kier alpha value is -4.48. The highest BCUT2D eigenvalue weighted by atomic mass is 35.5. The van der Waals surface area contributed by atoms with E-state index in [0.29, 0.717) is 46.9 Å². The summed E-state index contributed by atoms with van der Waals surface area (Å²) in [6, 6.07) is 13.5. The third kappa shape index (κ3) is 7.30. The Morgan fingerprint density at radius 3 is 2.58 bits per heavy atom. The largest absolute Gasteiger partial charge is 0.472 e. The van der Waals surface area contributed by atoms with Crippen LogP contribution in [0.25, 0.3) is 5.69 Å². The van der Waals surface area contributed by atoms with E-state index in [1.54, 1.807) is 49.5 Å². The van der Waals surface area contributed by atoms with Crippen LogP contribution in [0.2, 0.25) is 5.02 Å². The second-order valence-electron chi connectivity index (χ2n) is 9.99. The molecule has 1 aromatic heterocycles. The molecular formula is C31H29ClF2N4O5. The van der Waals surface area contributed by atoms with Gasteiger partial charge in [-0.1, -0.05) is 23.7 Å². The number of carbonyl (C=O) groups is 2. The Morgan fingerprint density at radius 1 is 1.07 bits per heavy atom. The molecule has 0 bridgehead atoms. The fourth-order valence-electron chi connectivity index (χ4n) is 4.50. The molecule has 1 amide bonds. The standard InChI is InChI=1S/C31H29ClF2N4O5/c1-18-11-21(13-29(39)36-26-6-4-19(31(40)41-2)12-27(26)35-16-23-8-10-42-23)25(34)15-28(18)38-9-7-30(37-38)43-17-20-3-5-22(32)14-24(20)33/h3-7,9,11-12,14-15,23,35H,8,10,13,16-17H2,1-2H3,(H,36,39)/t23-/m0/s1. The fraction of sp³-hybridized carbons (Fsp3) is 0.258. The minimum atomic E-state index is -0.585. The lowest BCUT2D eigenvalue weighted by Crippen LogP contribution is -2.33. The summed E-state index contributed by atoms with van der Waals surface area (Å²) >= 11 is 5.79. The maximum atomic E-state index is 15.2. The van der Waals surface area contributed by atoms with Crippen LogP contribution in [0.1, 0.15) is 33.5 Å². The topological polar surface area (TPSA) is 104 Å². The van der Waals surface area contributed by atoms with Crippen molar-refractivity contribution >= 4 is 34.9 Å². The van der Waals surface area contributed by atoms with Crippen LogP contribution in [0, 0.1) is 18.6 Å². The van der Waals surface area contributed by atoms with Crippen LogP contribution in [0.5, 0.6) is 5.88 Å². The Kier molecular flexibility index (Phi) is 9.22. The summed E-state index contributed by atoms with van der Waals surface area (Å²) in [7, 11) is 1.29. The first-order valence-corrected chi connectivity index (χ1v) is 13.9. The summed E-state index contributed by atoms with van der Waals surface area (Å²) in [6.45, 7) is 2.92. The lowest BCUT2D eigenvalue weighted by molar-refractivity contribution is -0.115. The molecule has 4 aromatic rings. The van der Waals surface area contributed by atoms with Crippen LogP contribution < -0.4 is 15.4 Å². The predicted molar refractivity (Wildman–Crippen MR) is 157 cm³/mol. The first-order chi connectivity index (χ1) is 20.7. The van der Waals surface area contributed by atoms with E-state index in [4.69, 9.17) is 25.8 Å². The van der Waals surface area contributed by atoms with Crippen molar-refractivity contribution in [2.75, 3.05) is 30.9 Å². The average Bonchev–Trinajstić information content (AvgIpc) is 3.42. The van der Waals surface area contributed by atoms with E-state index in [-0.39, 0.29) is 35.6 Å². The average molecular weight is 611 g/mol. The number of esters is 1. The molecule has 0 aliphatic carbocycles. The van der Waals surface area contributed by atoms with Crippen molar-refractivity contribution in [3.8, 4) is 11.6 Å². The molecular weight excluding hydrogens is 582 g/mol. The molecule has 0 unspecified atom stereocenters. The van der Waals surface area contributed by atoms with Gasteiger partial charge in [0.15, 0.2) is 0 Å². The number of benzene rings is 3. The normalized spacial score (nSPS) is 14.1. The third-order valence-electron chi connectivity index (χ3n) is 6.95. The van der Waals surface area contributed by atoms with Gasteiger partial charge in [-0.05, 0) is 54.8 Å². The van der Waals surface area contributed by atoms with E-state index in [0.717, 1.165) is 6.42 Å². The second-order valence-corrected chi connectivity index (χ2v) is 10.4. The first kappa shape index (κ1) is 30.0. The van der Waals surface area contributed by atoms with Crippen molar-refractivity contribution in [3.05, 3.63) is 99.7 Å². The Bertz CT molecular complexity index is 1660. The quantitative estimate of drug-likeness (QED) is 0.205. The van der Waals surface area contributed by atoms with Gasteiger partial charge in [0.1, 0.15) is 18.2 Å². The monoisotopic (exact) mass is 610 g/mol. The van der Waals surface area contributed by atoms with Gasteiger partial charge < -0.3 is 24.8 Å². The number of carbonyl (C=O) groups excluding carboxylic acids is 2. The van der Waals surface area contributed by atoms with Crippen LogP contribution in [0.4, 0.5) is 20.2 Å².